The summed E-state index contributed by atoms with van der Waals surface area (Å²) in [5.74, 6) is -1.82. The number of aliphatic carboxylic acids is 1. The highest BCUT2D eigenvalue weighted by Crippen LogP contribution is 2.28. The first kappa shape index (κ1) is 16.8. The van der Waals surface area contributed by atoms with Crippen molar-refractivity contribution in [3.05, 3.63) is 33.8 Å². The van der Waals surface area contributed by atoms with E-state index in [1.54, 1.807) is 6.07 Å². The first-order valence-corrected chi connectivity index (χ1v) is 7.18. The summed E-state index contributed by atoms with van der Waals surface area (Å²) in [6, 6.07) is 3.49. The van der Waals surface area contributed by atoms with Gasteiger partial charge in [-0.2, -0.15) is 0 Å². The smallest absolute Gasteiger partial charge is 0.327 e. The number of thioether (sulfide) groups is 1. The summed E-state index contributed by atoms with van der Waals surface area (Å²) >= 11 is 12.5. The molecule has 0 aliphatic rings. The largest absolute Gasteiger partial charge is 0.480 e. The predicted octanol–water partition coefficient (Wildman–Crippen LogP) is 2.46. The maximum Gasteiger partial charge on any atom is 0.327 e. The first-order valence-electron chi connectivity index (χ1n) is 5.44. The number of hydrogen-bond acceptors (Lipinski definition) is 4. The van der Waals surface area contributed by atoms with E-state index in [-0.39, 0.29) is 21.4 Å². The molecule has 1 atom stereocenters. The lowest BCUT2D eigenvalue weighted by Crippen LogP contribution is -2.41. The molecule has 5 nitrogen and oxygen atoms in total. The van der Waals surface area contributed by atoms with Crippen LogP contribution in [0.15, 0.2) is 18.2 Å². The summed E-state index contributed by atoms with van der Waals surface area (Å²) in [7, 11) is 0. The second kappa shape index (κ2) is 7.52. The number of carboxylic acids is 1. The van der Waals surface area contributed by atoms with Crippen molar-refractivity contribution in [2.75, 3.05) is 5.75 Å². The Balaban J connectivity index is 2.75. The molecule has 1 rings (SSSR count). The Morgan fingerprint density at radius 3 is 2.30 bits per heavy atom. The standard InChI is InChI=1S/C12H11Cl2NO4S/c1-6(16)15-9(11(17)18)5-20-12(19)10-7(13)3-2-4-8(10)14/h2-4,9H,5H2,1H3,(H,15,16)(H,17,18). The molecule has 0 bridgehead atoms. The number of carbonyl (C=O) groups is 3. The number of halogens is 2. The molecule has 0 aromatic heterocycles. The van der Waals surface area contributed by atoms with Gasteiger partial charge in [0.25, 0.3) is 0 Å². The molecule has 0 saturated heterocycles. The number of carboxylic acid groups (broad SMARTS) is 1. The predicted molar refractivity (Wildman–Crippen MR) is 78.5 cm³/mol. The van der Waals surface area contributed by atoms with Gasteiger partial charge >= 0.3 is 5.97 Å². The van der Waals surface area contributed by atoms with Gasteiger partial charge in [-0.15, -0.1) is 0 Å². The zero-order valence-electron chi connectivity index (χ0n) is 10.4. The van der Waals surface area contributed by atoms with Crippen molar-refractivity contribution in [3.8, 4) is 0 Å². The monoisotopic (exact) mass is 335 g/mol. The summed E-state index contributed by atoms with van der Waals surface area (Å²) in [6.07, 6.45) is 0. The quantitative estimate of drug-likeness (QED) is 0.863. The third-order valence-electron chi connectivity index (χ3n) is 2.22. The second-order valence-corrected chi connectivity index (χ2v) is 5.59. The van der Waals surface area contributed by atoms with Crippen molar-refractivity contribution in [3.63, 3.8) is 0 Å². The molecule has 0 fully saturated rings. The van der Waals surface area contributed by atoms with Crippen LogP contribution in [0.4, 0.5) is 0 Å². The Kier molecular flexibility index (Phi) is 6.32. The average Bonchev–Trinajstić information content (AvgIpc) is 2.33. The Labute approximate surface area is 129 Å². The fourth-order valence-corrected chi connectivity index (χ4v) is 2.93. The van der Waals surface area contributed by atoms with Crippen LogP contribution in [0, 0.1) is 0 Å². The van der Waals surface area contributed by atoms with Crippen molar-refractivity contribution < 1.29 is 19.5 Å². The van der Waals surface area contributed by atoms with Crippen molar-refractivity contribution in [2.24, 2.45) is 0 Å². The number of carbonyl (C=O) groups excluding carboxylic acids is 2. The van der Waals surface area contributed by atoms with Crippen molar-refractivity contribution >= 4 is 52.0 Å². The highest BCUT2D eigenvalue weighted by molar-refractivity contribution is 8.14. The molecule has 1 unspecified atom stereocenters. The summed E-state index contributed by atoms with van der Waals surface area (Å²) in [5, 5.41) is 11.1. The van der Waals surface area contributed by atoms with E-state index >= 15 is 0 Å². The molecular weight excluding hydrogens is 325 g/mol. The topological polar surface area (TPSA) is 83.5 Å². The SMILES string of the molecule is CC(=O)NC(CSC(=O)c1c(Cl)cccc1Cl)C(=O)O. The average molecular weight is 336 g/mol. The third kappa shape index (κ3) is 4.70. The minimum Gasteiger partial charge on any atom is -0.480 e. The van der Waals surface area contributed by atoms with Gasteiger partial charge in [0.05, 0.1) is 15.6 Å². The minimum absolute atomic E-state index is 0.116. The summed E-state index contributed by atoms with van der Waals surface area (Å²) in [5.41, 5.74) is 0.132. The second-order valence-electron chi connectivity index (χ2n) is 3.79. The van der Waals surface area contributed by atoms with Crippen LogP contribution in [0.5, 0.6) is 0 Å². The maximum atomic E-state index is 12.0. The summed E-state index contributed by atoms with van der Waals surface area (Å²) in [4.78, 5) is 33.8. The molecule has 8 heteroatoms. The van der Waals surface area contributed by atoms with E-state index in [0.717, 1.165) is 11.8 Å². The van der Waals surface area contributed by atoms with Crippen molar-refractivity contribution in [1.82, 2.24) is 5.32 Å². The van der Waals surface area contributed by atoms with Gasteiger partial charge in [-0.1, -0.05) is 41.0 Å². The van der Waals surface area contributed by atoms with Crippen LogP contribution >= 0.6 is 35.0 Å². The Morgan fingerprint density at radius 1 is 1.30 bits per heavy atom. The van der Waals surface area contributed by atoms with Crippen LogP contribution in [0.1, 0.15) is 17.3 Å². The summed E-state index contributed by atoms with van der Waals surface area (Å²) in [6.45, 7) is 1.20. The van der Waals surface area contributed by atoms with Crippen LogP contribution in [0.2, 0.25) is 10.0 Å². The number of hydrogen-bond donors (Lipinski definition) is 2. The van der Waals surface area contributed by atoms with Crippen LogP contribution in [-0.4, -0.2) is 33.9 Å². The van der Waals surface area contributed by atoms with Gasteiger partial charge in [0, 0.05) is 12.7 Å². The van der Waals surface area contributed by atoms with E-state index in [1.807, 2.05) is 0 Å². The zero-order chi connectivity index (χ0) is 15.3. The van der Waals surface area contributed by atoms with Crippen LogP contribution < -0.4 is 5.32 Å². The molecule has 0 saturated carbocycles. The highest BCUT2D eigenvalue weighted by Gasteiger charge is 2.22. The molecule has 20 heavy (non-hydrogen) atoms. The number of benzene rings is 1. The lowest BCUT2D eigenvalue weighted by Gasteiger charge is -2.12. The van der Waals surface area contributed by atoms with Gasteiger partial charge in [-0.25, -0.2) is 4.79 Å². The molecule has 0 aliphatic heterocycles. The molecule has 1 aromatic rings. The van der Waals surface area contributed by atoms with Gasteiger partial charge in [-0.05, 0) is 12.1 Å². The highest BCUT2D eigenvalue weighted by atomic mass is 35.5. The van der Waals surface area contributed by atoms with Crippen molar-refractivity contribution in [2.45, 2.75) is 13.0 Å². The van der Waals surface area contributed by atoms with Crippen LogP contribution in [-0.2, 0) is 9.59 Å². The van der Waals surface area contributed by atoms with Crippen molar-refractivity contribution in [1.29, 1.82) is 0 Å². The molecule has 1 aromatic carbocycles. The van der Waals surface area contributed by atoms with Crippen LogP contribution in [0.25, 0.3) is 0 Å². The van der Waals surface area contributed by atoms with E-state index in [0.29, 0.717) is 0 Å². The Morgan fingerprint density at radius 2 is 1.85 bits per heavy atom. The van der Waals surface area contributed by atoms with Gasteiger partial charge in [0.15, 0.2) is 0 Å². The molecule has 0 radical (unpaired) electrons. The molecule has 0 aliphatic carbocycles. The van der Waals surface area contributed by atoms with E-state index in [2.05, 4.69) is 5.32 Å². The lowest BCUT2D eigenvalue weighted by atomic mass is 10.2. The van der Waals surface area contributed by atoms with Gasteiger partial charge in [0.2, 0.25) is 11.0 Å². The van der Waals surface area contributed by atoms with E-state index < -0.39 is 23.0 Å². The first-order chi connectivity index (χ1) is 9.32. The number of nitrogens with one attached hydrogen (secondary N) is 1. The third-order valence-corrected chi connectivity index (χ3v) is 3.82. The van der Waals surface area contributed by atoms with E-state index in [4.69, 9.17) is 28.3 Å². The molecule has 2 N–H and O–H groups in total. The fraction of sp³-hybridized carbons (Fsp3) is 0.250. The molecule has 0 heterocycles. The molecule has 0 spiro atoms. The van der Waals surface area contributed by atoms with Gasteiger partial charge < -0.3 is 10.4 Å². The molecule has 1 amide bonds. The number of rotatable bonds is 5. The normalized spacial score (nSPS) is 11.8. The molecular formula is C12H11Cl2NO4S. The van der Waals surface area contributed by atoms with Crippen LogP contribution in [0.3, 0.4) is 0 Å². The fourth-order valence-electron chi connectivity index (χ4n) is 1.34. The Bertz CT molecular complexity index is 530. The lowest BCUT2D eigenvalue weighted by molar-refractivity contribution is -0.140. The zero-order valence-corrected chi connectivity index (χ0v) is 12.7. The minimum atomic E-state index is -1.22. The number of amides is 1. The molecule has 108 valence electrons. The van der Waals surface area contributed by atoms with Gasteiger partial charge in [-0.3, -0.25) is 9.59 Å². The maximum absolute atomic E-state index is 12.0. The summed E-state index contributed by atoms with van der Waals surface area (Å²) < 4.78 is 0. The van der Waals surface area contributed by atoms with Gasteiger partial charge in [0.1, 0.15) is 6.04 Å². The van der Waals surface area contributed by atoms with E-state index in [9.17, 15) is 14.4 Å². The Hall–Kier alpha value is -1.24. The van der Waals surface area contributed by atoms with E-state index in [1.165, 1.54) is 19.1 Å².